The van der Waals surface area contributed by atoms with E-state index in [9.17, 15) is 9.59 Å². The van der Waals surface area contributed by atoms with Crippen molar-refractivity contribution in [3.63, 3.8) is 0 Å². The van der Waals surface area contributed by atoms with Gasteiger partial charge < -0.3 is 14.6 Å². The number of hydrogen-bond acceptors (Lipinski definition) is 6. The summed E-state index contributed by atoms with van der Waals surface area (Å²) in [6.07, 6.45) is 4.17. The monoisotopic (exact) mass is 493 g/mol. The number of nitrogens with one attached hydrogen (secondary N) is 1. The van der Waals surface area contributed by atoms with Crippen LogP contribution in [0.3, 0.4) is 0 Å². The molecule has 1 atom stereocenters. The lowest BCUT2D eigenvalue weighted by atomic mass is 10.1. The fourth-order valence-corrected chi connectivity index (χ4v) is 5.42. The molecule has 1 aliphatic heterocycles. The Morgan fingerprint density at radius 1 is 1.09 bits per heavy atom. The highest BCUT2D eigenvalue weighted by molar-refractivity contribution is 8.00. The molecule has 0 saturated carbocycles. The van der Waals surface area contributed by atoms with Crippen molar-refractivity contribution in [3.8, 4) is 5.75 Å². The van der Waals surface area contributed by atoms with Crippen LogP contribution in [0.15, 0.2) is 58.2 Å². The van der Waals surface area contributed by atoms with E-state index < -0.39 is 0 Å². The van der Waals surface area contributed by atoms with Crippen LogP contribution in [0.25, 0.3) is 10.9 Å². The Balaban J connectivity index is 1.21. The van der Waals surface area contributed by atoms with Gasteiger partial charge in [-0.25, -0.2) is 0 Å². The number of rotatable bonds is 11. The minimum absolute atomic E-state index is 0.102. The van der Waals surface area contributed by atoms with Crippen LogP contribution in [0.1, 0.15) is 43.5 Å². The molecule has 1 aromatic heterocycles. The summed E-state index contributed by atoms with van der Waals surface area (Å²) in [6.45, 7) is 9.96. The van der Waals surface area contributed by atoms with E-state index in [1.54, 1.807) is 11.8 Å². The van der Waals surface area contributed by atoms with Gasteiger partial charge in [0, 0.05) is 54.1 Å². The van der Waals surface area contributed by atoms with Gasteiger partial charge in [0.15, 0.2) is 6.29 Å². The summed E-state index contributed by atoms with van der Waals surface area (Å²) < 4.78 is 5.91. The zero-order valence-electron chi connectivity index (χ0n) is 20.7. The first-order chi connectivity index (χ1) is 17.1. The topological polar surface area (TPSA) is 65.6 Å². The number of hydrogen-bond donors (Lipinski definition) is 1. The number of aromatic amines is 1. The molecular formula is C28H35N3O3S. The smallest absolute Gasteiger partial charge is 0.248 e. The van der Waals surface area contributed by atoms with Crippen molar-refractivity contribution in [2.24, 2.45) is 0 Å². The molecule has 0 radical (unpaired) electrons. The van der Waals surface area contributed by atoms with Crippen LogP contribution in [0, 0.1) is 0 Å². The Labute approximate surface area is 211 Å². The van der Waals surface area contributed by atoms with Crippen molar-refractivity contribution < 1.29 is 9.53 Å². The van der Waals surface area contributed by atoms with Crippen LogP contribution in [0.2, 0.25) is 0 Å². The molecule has 0 amide bonds. The lowest BCUT2D eigenvalue weighted by molar-refractivity contribution is 0.112. The highest BCUT2D eigenvalue weighted by Gasteiger charge is 2.20. The van der Waals surface area contributed by atoms with Gasteiger partial charge in [-0.15, -0.1) is 11.8 Å². The van der Waals surface area contributed by atoms with Crippen LogP contribution in [-0.2, 0) is 0 Å². The van der Waals surface area contributed by atoms with Crippen LogP contribution in [-0.4, -0.2) is 60.8 Å². The lowest BCUT2D eigenvalue weighted by Gasteiger charge is -2.37. The fraction of sp³-hybridized carbons (Fsp3) is 0.429. The fourth-order valence-electron chi connectivity index (χ4n) is 4.39. The predicted molar refractivity (Wildman–Crippen MR) is 145 cm³/mol. The highest BCUT2D eigenvalue weighted by atomic mass is 32.2. The van der Waals surface area contributed by atoms with Crippen molar-refractivity contribution in [1.82, 2.24) is 9.88 Å². The summed E-state index contributed by atoms with van der Waals surface area (Å²) in [4.78, 5) is 32.2. The first kappa shape index (κ1) is 25.3. The summed E-state index contributed by atoms with van der Waals surface area (Å²) in [5.41, 5.74) is 2.60. The quantitative estimate of drug-likeness (QED) is 0.225. The summed E-state index contributed by atoms with van der Waals surface area (Å²) in [6, 6.07) is 15.4. The van der Waals surface area contributed by atoms with Crippen LogP contribution < -0.4 is 15.2 Å². The van der Waals surface area contributed by atoms with Gasteiger partial charge in [-0.05, 0) is 61.5 Å². The van der Waals surface area contributed by atoms with Crippen molar-refractivity contribution in [2.75, 3.05) is 44.2 Å². The van der Waals surface area contributed by atoms with E-state index in [0.29, 0.717) is 11.9 Å². The predicted octanol–water partition coefficient (Wildman–Crippen LogP) is 5.21. The second kappa shape index (κ2) is 12.3. The Hall–Kier alpha value is -2.77. The molecule has 186 valence electrons. The summed E-state index contributed by atoms with van der Waals surface area (Å²) in [7, 11) is 0. The van der Waals surface area contributed by atoms with Crippen LogP contribution in [0.4, 0.5) is 5.69 Å². The van der Waals surface area contributed by atoms with Gasteiger partial charge in [0.1, 0.15) is 5.75 Å². The summed E-state index contributed by atoms with van der Waals surface area (Å²) in [5, 5.41) is 1.49. The van der Waals surface area contributed by atoms with Crippen molar-refractivity contribution in [1.29, 1.82) is 0 Å². The molecule has 0 bridgehead atoms. The number of unbranched alkanes of at least 4 members (excludes halogenated alkanes) is 1. The number of piperazine rings is 1. The molecule has 3 aromatic rings. The minimum Gasteiger partial charge on any atom is -0.494 e. The molecule has 7 heteroatoms. The number of benzene rings is 2. The van der Waals surface area contributed by atoms with Gasteiger partial charge in [-0.2, -0.15) is 0 Å². The molecule has 1 fully saturated rings. The maximum absolute atomic E-state index is 11.9. The second-order valence-electron chi connectivity index (χ2n) is 9.10. The van der Waals surface area contributed by atoms with E-state index in [-0.39, 0.29) is 5.56 Å². The van der Waals surface area contributed by atoms with Gasteiger partial charge in [-0.1, -0.05) is 19.9 Å². The lowest BCUT2D eigenvalue weighted by Crippen LogP contribution is -2.47. The van der Waals surface area contributed by atoms with Gasteiger partial charge in [0.2, 0.25) is 5.56 Å². The standard InChI is InChI=1S/C28H35N3O3S/c1-3-21(2)35-27-8-6-7-26(24(27)20-32)31-16-14-30(15-17-31)13-4-5-18-34-23-11-9-22-10-12-28(33)29-25(22)19-23/h6-12,19-21H,3-5,13-18H2,1-2H3,(H,29,33). The average molecular weight is 494 g/mol. The molecule has 2 aromatic carbocycles. The van der Waals surface area contributed by atoms with Crippen molar-refractivity contribution in [2.45, 2.75) is 43.3 Å². The molecule has 35 heavy (non-hydrogen) atoms. The molecule has 1 unspecified atom stereocenters. The number of nitrogens with zero attached hydrogens (tertiary/aromatic N) is 2. The van der Waals surface area contributed by atoms with E-state index in [4.69, 9.17) is 4.74 Å². The number of aldehydes is 1. The number of ether oxygens (including phenoxy) is 1. The number of fused-ring (bicyclic) bond motifs is 1. The minimum atomic E-state index is -0.102. The molecular weight excluding hydrogens is 458 g/mol. The number of carbonyl (C=O) groups excluding carboxylic acids is 1. The molecule has 0 aliphatic carbocycles. The van der Waals surface area contributed by atoms with Gasteiger partial charge >= 0.3 is 0 Å². The van der Waals surface area contributed by atoms with E-state index in [1.807, 2.05) is 24.3 Å². The van der Waals surface area contributed by atoms with Gasteiger partial charge in [-0.3, -0.25) is 14.5 Å². The second-order valence-corrected chi connectivity index (χ2v) is 10.6. The molecule has 1 N–H and O–H groups in total. The SMILES string of the molecule is CCC(C)Sc1cccc(N2CCN(CCCCOc3ccc4ccc(=O)[nH]c4c3)CC2)c1C=O. The van der Waals surface area contributed by atoms with Crippen molar-refractivity contribution in [3.05, 3.63) is 64.4 Å². The number of pyridine rings is 1. The Kier molecular flexibility index (Phi) is 8.88. The normalized spacial score (nSPS) is 15.3. The number of thioether (sulfide) groups is 1. The first-order valence-electron chi connectivity index (χ1n) is 12.6. The van der Waals surface area contributed by atoms with E-state index >= 15 is 0 Å². The third kappa shape index (κ3) is 6.67. The van der Waals surface area contributed by atoms with Crippen molar-refractivity contribution >= 4 is 34.6 Å². The number of carbonyl (C=O) groups is 1. The average Bonchev–Trinajstić information content (AvgIpc) is 2.88. The number of H-pyrrole nitrogens is 1. The maximum atomic E-state index is 11.9. The first-order valence-corrected chi connectivity index (χ1v) is 13.4. The summed E-state index contributed by atoms with van der Waals surface area (Å²) in [5.74, 6) is 0.785. The zero-order valence-corrected chi connectivity index (χ0v) is 21.5. The molecule has 6 nitrogen and oxygen atoms in total. The Bertz CT molecular complexity index is 1190. The number of aromatic nitrogens is 1. The van der Waals surface area contributed by atoms with Crippen LogP contribution in [0.5, 0.6) is 5.75 Å². The Morgan fingerprint density at radius 2 is 1.89 bits per heavy atom. The van der Waals surface area contributed by atoms with E-state index in [0.717, 1.165) is 91.1 Å². The zero-order chi connectivity index (χ0) is 24.6. The maximum Gasteiger partial charge on any atom is 0.248 e. The van der Waals surface area contributed by atoms with Gasteiger partial charge in [0.05, 0.1) is 17.7 Å². The molecule has 0 spiro atoms. The molecule has 1 aliphatic rings. The van der Waals surface area contributed by atoms with E-state index in [1.165, 1.54) is 6.07 Å². The molecule has 4 rings (SSSR count). The number of anilines is 1. The largest absolute Gasteiger partial charge is 0.494 e. The van der Waals surface area contributed by atoms with E-state index in [2.05, 4.69) is 46.8 Å². The summed E-state index contributed by atoms with van der Waals surface area (Å²) >= 11 is 1.79. The van der Waals surface area contributed by atoms with Crippen LogP contribution >= 0.6 is 11.8 Å². The van der Waals surface area contributed by atoms with Gasteiger partial charge in [0.25, 0.3) is 0 Å². The molecule has 2 heterocycles. The third-order valence-corrected chi connectivity index (χ3v) is 7.96. The molecule has 1 saturated heterocycles. The highest BCUT2D eigenvalue weighted by Crippen LogP contribution is 2.33. The third-order valence-electron chi connectivity index (χ3n) is 6.61. The Morgan fingerprint density at radius 3 is 2.66 bits per heavy atom.